The molecule has 0 unspecified atom stereocenters. The summed E-state index contributed by atoms with van der Waals surface area (Å²) in [7, 11) is 0. The first-order valence-corrected chi connectivity index (χ1v) is 44.4. The van der Waals surface area contributed by atoms with Crippen molar-refractivity contribution in [1.82, 2.24) is 0 Å². The van der Waals surface area contributed by atoms with E-state index in [0.29, 0.717) is 0 Å². The highest BCUT2D eigenvalue weighted by molar-refractivity contribution is 6.26. The Hall–Kier alpha value is -16.4. The molecule has 4 heteroatoms. The van der Waals surface area contributed by atoms with Crippen LogP contribution >= 0.6 is 0 Å². The van der Waals surface area contributed by atoms with E-state index in [4.69, 9.17) is 8.83 Å². The summed E-state index contributed by atoms with van der Waals surface area (Å²) >= 11 is 0. The second-order valence-corrected chi connectivity index (χ2v) is 35.1. The Morgan fingerprint density at radius 1 is 0.195 bits per heavy atom. The van der Waals surface area contributed by atoms with Crippen molar-refractivity contribution in [2.24, 2.45) is 0 Å². The van der Waals surface area contributed by atoms with Gasteiger partial charge in [-0.3, -0.25) is 0 Å². The lowest BCUT2D eigenvalue weighted by molar-refractivity contribution is 0.660. The highest BCUT2D eigenvalue weighted by Gasteiger charge is 2.47. The zero-order valence-electron chi connectivity index (χ0n) is 70.4. The van der Waals surface area contributed by atoms with Crippen molar-refractivity contribution in [1.29, 1.82) is 0 Å². The molecule has 598 valence electrons. The summed E-state index contributed by atoms with van der Waals surface area (Å²) in [4.78, 5) is 5.09. The lowest BCUT2D eigenvalue weighted by Gasteiger charge is -2.35. The van der Waals surface area contributed by atoms with Gasteiger partial charge in [-0.15, -0.1) is 0 Å². The molecular weight excluding hydrogens is 1550 g/mol. The van der Waals surface area contributed by atoms with Gasteiger partial charge in [-0.1, -0.05) is 384 Å². The van der Waals surface area contributed by atoms with Gasteiger partial charge in [-0.25, -0.2) is 0 Å². The smallest absolute Gasteiger partial charge is 0.143 e. The number of benzene rings is 22. The molecule has 4 nitrogen and oxygen atoms in total. The molecule has 0 radical (unpaired) electrons. The lowest BCUT2D eigenvalue weighted by Crippen LogP contribution is -2.28. The van der Waals surface area contributed by atoms with Crippen LogP contribution in [-0.2, 0) is 10.8 Å². The van der Waals surface area contributed by atoms with Crippen molar-refractivity contribution in [3.05, 3.63) is 482 Å². The Kier molecular flexibility index (Phi) is 16.3. The van der Waals surface area contributed by atoms with Gasteiger partial charge in [0, 0.05) is 82.7 Å². The van der Waals surface area contributed by atoms with Crippen molar-refractivity contribution < 1.29 is 8.83 Å². The molecule has 0 amide bonds. The van der Waals surface area contributed by atoms with Crippen LogP contribution in [0.4, 0.5) is 34.1 Å². The van der Waals surface area contributed by atoms with Crippen LogP contribution in [0, 0.1) is 0 Å². The number of hydrogen-bond donors (Lipinski definition) is 0. The molecule has 0 bridgehead atoms. The van der Waals surface area contributed by atoms with Gasteiger partial charge in [-0.05, 0) is 222 Å². The second kappa shape index (κ2) is 28.6. The molecule has 2 heterocycles. The van der Waals surface area contributed by atoms with Gasteiger partial charge < -0.3 is 18.6 Å². The summed E-state index contributed by atoms with van der Waals surface area (Å²) in [6.45, 7) is 4.75. The normalized spacial score (nSPS) is 13.0. The fourth-order valence-electron chi connectivity index (χ4n) is 22.3. The van der Waals surface area contributed by atoms with Crippen LogP contribution in [0.3, 0.4) is 0 Å². The highest BCUT2D eigenvalue weighted by Crippen LogP contribution is 2.61. The van der Waals surface area contributed by atoms with E-state index in [2.05, 4.69) is 473 Å². The van der Waals surface area contributed by atoms with Crippen LogP contribution < -0.4 is 9.80 Å². The first-order chi connectivity index (χ1) is 63.2. The maximum absolute atomic E-state index is 7.23. The minimum atomic E-state index is -0.632. The molecule has 0 spiro atoms. The van der Waals surface area contributed by atoms with Gasteiger partial charge >= 0.3 is 0 Å². The van der Waals surface area contributed by atoms with Crippen LogP contribution in [0.15, 0.2) is 458 Å². The van der Waals surface area contributed by atoms with Crippen LogP contribution in [0.2, 0.25) is 0 Å². The van der Waals surface area contributed by atoms with Gasteiger partial charge in [0.2, 0.25) is 0 Å². The molecular formula is C124H80N2O2. The maximum atomic E-state index is 7.23. The van der Waals surface area contributed by atoms with Crippen LogP contribution in [0.25, 0.3) is 186 Å². The molecule has 0 N–H and O–H groups in total. The monoisotopic (exact) mass is 1630 g/mol. The molecule has 22 aromatic carbocycles. The molecule has 2 aliphatic carbocycles. The number of furan rings is 2. The first-order valence-electron chi connectivity index (χ1n) is 44.4. The van der Waals surface area contributed by atoms with Crippen molar-refractivity contribution in [3.63, 3.8) is 0 Å². The zero-order chi connectivity index (χ0) is 84.5. The van der Waals surface area contributed by atoms with E-state index in [1.54, 1.807) is 0 Å². The fourth-order valence-corrected chi connectivity index (χ4v) is 22.3. The third-order valence-corrected chi connectivity index (χ3v) is 28.1. The average molecular weight is 1630 g/mol. The Morgan fingerprint density at radius 2 is 0.594 bits per heavy atom. The molecule has 0 atom stereocenters. The van der Waals surface area contributed by atoms with Crippen molar-refractivity contribution in [3.8, 4) is 77.9 Å². The summed E-state index contributed by atoms with van der Waals surface area (Å²) in [6, 6.07) is 167. The van der Waals surface area contributed by atoms with E-state index in [0.717, 1.165) is 122 Å². The maximum Gasteiger partial charge on any atom is 0.143 e. The lowest BCUT2D eigenvalue weighted by atomic mass is 9.67. The van der Waals surface area contributed by atoms with E-state index in [1.807, 2.05) is 0 Å². The van der Waals surface area contributed by atoms with Crippen LogP contribution in [0.1, 0.15) is 47.2 Å². The Morgan fingerprint density at radius 3 is 1.22 bits per heavy atom. The molecule has 2 aromatic heterocycles. The predicted octanol–water partition coefficient (Wildman–Crippen LogP) is 34.3. The topological polar surface area (TPSA) is 32.8 Å². The number of fused-ring (bicyclic) bond motifs is 20. The Labute approximate surface area is 741 Å². The Balaban J connectivity index is 0.581. The molecule has 24 aromatic rings. The highest BCUT2D eigenvalue weighted by atomic mass is 16.3. The SMILES string of the molecule is CC1(C)c2ccccc2-c2ccc(N(c3ccc(-c4cccc5c4oc4ccc(-c6ccc7c(c6)oc6c(-c8ccc(N(c9ccc%10c(c9)C(c9ccccc9)(c9ccccc9)c9ccccc9-%10)c9c(-c%10cccc%11ccccc%10%11)c%10ccccc%10c%10ccccc9%10)cc8)cccc67)cc45)cc3)c3c(-c4ccc5ccccc5c4)c4ccccc4c4ccccc34)cc21. The Bertz CT molecular complexity index is 8690. The largest absolute Gasteiger partial charge is 0.455 e. The van der Waals surface area contributed by atoms with Crippen LogP contribution in [-0.4, -0.2) is 0 Å². The number of rotatable bonds is 13. The number of para-hydroxylation sites is 2. The molecule has 0 fully saturated rings. The van der Waals surface area contributed by atoms with Gasteiger partial charge in [0.05, 0.1) is 16.8 Å². The zero-order valence-corrected chi connectivity index (χ0v) is 70.4. The summed E-state index contributed by atoms with van der Waals surface area (Å²) in [6.07, 6.45) is 0. The van der Waals surface area contributed by atoms with E-state index in [9.17, 15) is 0 Å². The fraction of sp³-hybridized carbons (Fsp3) is 0.0323. The minimum absolute atomic E-state index is 0.222. The molecule has 0 saturated heterocycles. The summed E-state index contributed by atoms with van der Waals surface area (Å²) in [5.41, 5.74) is 32.6. The second-order valence-electron chi connectivity index (χ2n) is 35.1. The number of hydrogen-bond acceptors (Lipinski definition) is 4. The van der Waals surface area contributed by atoms with Gasteiger partial charge in [0.1, 0.15) is 22.3 Å². The van der Waals surface area contributed by atoms with Crippen molar-refractivity contribution in [2.75, 3.05) is 9.80 Å². The average Bonchev–Trinajstić information content (AvgIpc) is 1.46. The van der Waals surface area contributed by atoms with E-state index >= 15 is 0 Å². The predicted molar refractivity (Wildman–Crippen MR) is 537 cm³/mol. The molecule has 26 rings (SSSR count). The van der Waals surface area contributed by atoms with E-state index in [-0.39, 0.29) is 5.41 Å². The van der Waals surface area contributed by atoms with Gasteiger partial charge in [-0.2, -0.15) is 0 Å². The van der Waals surface area contributed by atoms with Gasteiger partial charge in [0.15, 0.2) is 0 Å². The molecule has 0 aliphatic heterocycles. The summed E-state index contributed by atoms with van der Waals surface area (Å²) in [5, 5.41) is 18.6. The van der Waals surface area contributed by atoms with Crippen molar-refractivity contribution >= 4 is 143 Å². The molecule has 128 heavy (non-hydrogen) atoms. The van der Waals surface area contributed by atoms with E-state index < -0.39 is 5.41 Å². The molecule has 2 aliphatic rings. The summed E-state index contributed by atoms with van der Waals surface area (Å²) < 4.78 is 14.3. The minimum Gasteiger partial charge on any atom is -0.455 e. The number of anilines is 6. The van der Waals surface area contributed by atoms with Crippen molar-refractivity contribution in [2.45, 2.75) is 24.7 Å². The number of nitrogens with zero attached hydrogens (tertiary/aromatic N) is 2. The first kappa shape index (κ1) is 73.2. The molecule has 0 saturated carbocycles. The third-order valence-electron chi connectivity index (χ3n) is 28.1. The van der Waals surface area contributed by atoms with E-state index in [1.165, 1.54) is 132 Å². The summed E-state index contributed by atoms with van der Waals surface area (Å²) in [5.74, 6) is 0. The quantitative estimate of drug-likeness (QED) is 0.108. The third kappa shape index (κ3) is 11.0. The van der Waals surface area contributed by atoms with Crippen LogP contribution in [0.5, 0.6) is 0 Å². The van der Waals surface area contributed by atoms with Gasteiger partial charge in [0.25, 0.3) is 0 Å². The standard InChI is InChI=1S/C124H80N2O2/c1-123(2)111-52-23-21-41-98(111)100-69-66-89(75-113(100)123)125(119-106-45-19-15-39-96(106)94-37-13-17-43-104(94)117(119)84-55-54-77-28-9-10-30-81(77)72-84)87-62-56-80(57-63-87)93-48-27-51-109-110-73-82(61-71-115(110)127-122(93)109)83-60-68-102-108-50-26-47-92(121(108)128-116(102)74-83)79-58-64-88(65-59-79)126(120-107-46-20-16-40-97(107)95-38-14-18-44-105(95)118(120)103-49-25-31-78-29-11-12-36-91(78)103)90-67-70-101-99-42-22-24-53-112(99)124(114(101)76-90,85-32-5-3-6-33-85)86-34-7-4-8-35-86/h3-76H,1-2H3.